The number of Topliss-reactive ketones (excluding diaryl/α,β-unsaturated/α-hetero) is 1. The van der Waals surface area contributed by atoms with Gasteiger partial charge in [0.2, 0.25) is 5.78 Å². The third kappa shape index (κ3) is 4.03. The number of rotatable bonds is 10. The molecule has 160 valence electrons. The molecule has 0 saturated heterocycles. The lowest BCUT2D eigenvalue weighted by atomic mass is 9.94. The Morgan fingerprint density at radius 1 is 1.20 bits per heavy atom. The van der Waals surface area contributed by atoms with Crippen molar-refractivity contribution in [2.75, 3.05) is 40.6 Å². The molecule has 0 bridgehead atoms. The summed E-state index contributed by atoms with van der Waals surface area (Å²) in [5.41, 5.74) is 0.343. The normalized spacial score (nSPS) is 16.3. The second-order valence-electron chi connectivity index (χ2n) is 6.41. The number of carbonyl (C=O) groups is 2. The van der Waals surface area contributed by atoms with Crippen LogP contribution < -0.4 is 9.47 Å². The van der Waals surface area contributed by atoms with Gasteiger partial charge < -0.3 is 33.7 Å². The van der Waals surface area contributed by atoms with Crippen LogP contribution in [0.1, 0.15) is 22.2 Å². The summed E-state index contributed by atoms with van der Waals surface area (Å²) in [5.74, 6) is -1.09. The number of ketones is 1. The van der Waals surface area contributed by atoms with Gasteiger partial charge in [-0.15, -0.1) is 0 Å². The summed E-state index contributed by atoms with van der Waals surface area (Å²) < 4.78 is 21.2. The molecule has 3 rings (SSSR count). The lowest BCUT2D eigenvalue weighted by Crippen LogP contribution is -2.34. The van der Waals surface area contributed by atoms with Crippen molar-refractivity contribution < 1.29 is 38.4 Å². The zero-order valence-corrected chi connectivity index (χ0v) is 16.7. The molecule has 2 N–H and O–H groups in total. The summed E-state index contributed by atoms with van der Waals surface area (Å²) in [7, 11) is 2.96. The molecule has 0 unspecified atom stereocenters. The standard InChI is InChI=1S/C21H23NO8/c1-27-13-5-6-15(28-2)14(12-13)18-17(19(24)16-4-3-9-30-16)20(25)21(26)22(18)7-10-29-11-8-23/h3-6,9,12,18,23,25H,7-8,10-11H2,1-2H3/t18-/m0/s1. The number of methoxy groups -OCH3 is 2. The number of nitrogens with zero attached hydrogens (tertiary/aromatic N) is 1. The third-order valence-electron chi connectivity index (χ3n) is 4.74. The van der Waals surface area contributed by atoms with Gasteiger partial charge in [0.05, 0.1) is 51.9 Å². The van der Waals surface area contributed by atoms with E-state index in [1.165, 1.54) is 31.4 Å². The number of amides is 1. The minimum absolute atomic E-state index is 0.00501. The fourth-order valence-electron chi connectivity index (χ4n) is 3.36. The molecule has 2 heterocycles. The number of carbonyl (C=O) groups excluding carboxylic acids is 2. The van der Waals surface area contributed by atoms with Gasteiger partial charge >= 0.3 is 0 Å². The predicted octanol–water partition coefficient (Wildman–Crippen LogP) is 1.88. The van der Waals surface area contributed by atoms with E-state index in [4.69, 9.17) is 23.7 Å². The van der Waals surface area contributed by atoms with E-state index >= 15 is 0 Å². The SMILES string of the molecule is COc1ccc(OC)c([C@H]2C(C(=O)c3ccco3)=C(O)C(=O)N2CCOCCO)c1. The summed E-state index contributed by atoms with van der Waals surface area (Å²) >= 11 is 0. The number of hydrogen-bond donors (Lipinski definition) is 2. The number of benzene rings is 1. The average molecular weight is 417 g/mol. The van der Waals surface area contributed by atoms with E-state index in [0.717, 1.165) is 0 Å². The molecule has 0 aliphatic carbocycles. The maximum atomic E-state index is 13.1. The molecule has 2 aromatic rings. The Hall–Kier alpha value is -3.30. The van der Waals surface area contributed by atoms with Gasteiger partial charge in [-0.2, -0.15) is 0 Å². The Morgan fingerprint density at radius 3 is 2.63 bits per heavy atom. The van der Waals surface area contributed by atoms with Crippen LogP contribution in [0.5, 0.6) is 11.5 Å². The van der Waals surface area contributed by atoms with Crippen molar-refractivity contribution in [2.45, 2.75) is 6.04 Å². The van der Waals surface area contributed by atoms with Crippen LogP contribution in [0.4, 0.5) is 0 Å². The summed E-state index contributed by atoms with van der Waals surface area (Å²) in [5, 5.41) is 19.5. The largest absolute Gasteiger partial charge is 0.503 e. The van der Waals surface area contributed by atoms with E-state index in [9.17, 15) is 14.7 Å². The Bertz CT molecular complexity index is 934. The minimum atomic E-state index is -0.946. The van der Waals surface area contributed by atoms with Gasteiger partial charge in [0.15, 0.2) is 11.5 Å². The first kappa shape index (κ1) is 21.4. The highest BCUT2D eigenvalue weighted by Crippen LogP contribution is 2.43. The summed E-state index contributed by atoms with van der Waals surface area (Å²) in [6.45, 7) is 0.118. The highest BCUT2D eigenvalue weighted by atomic mass is 16.5. The van der Waals surface area contributed by atoms with Crippen LogP contribution in [0, 0.1) is 0 Å². The molecule has 9 nitrogen and oxygen atoms in total. The quantitative estimate of drug-likeness (QED) is 0.444. The zero-order valence-electron chi connectivity index (χ0n) is 16.7. The fraction of sp³-hybridized carbons (Fsp3) is 0.333. The number of hydrogen-bond acceptors (Lipinski definition) is 8. The van der Waals surface area contributed by atoms with E-state index in [1.807, 2.05) is 0 Å². The third-order valence-corrected chi connectivity index (χ3v) is 4.74. The van der Waals surface area contributed by atoms with Gasteiger partial charge in [0.25, 0.3) is 5.91 Å². The van der Waals surface area contributed by atoms with Gasteiger partial charge in [-0.1, -0.05) is 0 Å². The Kier molecular flexibility index (Phi) is 6.76. The van der Waals surface area contributed by atoms with E-state index in [1.54, 1.807) is 24.3 Å². The minimum Gasteiger partial charge on any atom is -0.503 e. The topological polar surface area (TPSA) is 119 Å². The van der Waals surface area contributed by atoms with Crippen LogP contribution in [0.25, 0.3) is 0 Å². The molecule has 0 spiro atoms. The maximum absolute atomic E-state index is 13.1. The highest BCUT2D eigenvalue weighted by Gasteiger charge is 2.45. The number of aliphatic hydroxyl groups excluding tert-OH is 2. The summed E-state index contributed by atoms with van der Waals surface area (Å²) in [6.07, 6.45) is 1.34. The first-order valence-corrected chi connectivity index (χ1v) is 9.26. The molecular formula is C21H23NO8. The molecular weight excluding hydrogens is 394 g/mol. The van der Waals surface area contributed by atoms with Crippen LogP contribution in [0.3, 0.4) is 0 Å². The maximum Gasteiger partial charge on any atom is 0.290 e. The van der Waals surface area contributed by atoms with Crippen LogP contribution in [0.2, 0.25) is 0 Å². The second-order valence-corrected chi connectivity index (χ2v) is 6.41. The molecule has 30 heavy (non-hydrogen) atoms. The summed E-state index contributed by atoms with van der Waals surface area (Å²) in [6, 6.07) is 7.04. The van der Waals surface area contributed by atoms with Gasteiger partial charge in [-0.25, -0.2) is 0 Å². The van der Waals surface area contributed by atoms with E-state index in [0.29, 0.717) is 17.1 Å². The lowest BCUT2D eigenvalue weighted by Gasteiger charge is -2.28. The predicted molar refractivity (Wildman–Crippen MR) is 105 cm³/mol. The second kappa shape index (κ2) is 9.47. The highest BCUT2D eigenvalue weighted by molar-refractivity contribution is 6.15. The van der Waals surface area contributed by atoms with Crippen molar-refractivity contribution in [1.29, 1.82) is 0 Å². The van der Waals surface area contributed by atoms with Crippen LogP contribution in [0.15, 0.2) is 52.3 Å². The van der Waals surface area contributed by atoms with Crippen molar-refractivity contribution in [3.05, 3.63) is 59.3 Å². The molecule has 1 aromatic carbocycles. The molecule has 1 atom stereocenters. The van der Waals surface area contributed by atoms with Crippen molar-refractivity contribution in [3.8, 4) is 11.5 Å². The lowest BCUT2D eigenvalue weighted by molar-refractivity contribution is -0.130. The van der Waals surface area contributed by atoms with Crippen LogP contribution in [-0.2, 0) is 9.53 Å². The van der Waals surface area contributed by atoms with Gasteiger partial charge in [0.1, 0.15) is 11.5 Å². The average Bonchev–Trinajstić information content (AvgIpc) is 3.38. The molecule has 0 fully saturated rings. The Morgan fingerprint density at radius 2 is 2.00 bits per heavy atom. The van der Waals surface area contributed by atoms with Crippen molar-refractivity contribution in [3.63, 3.8) is 0 Å². The fourth-order valence-corrected chi connectivity index (χ4v) is 3.36. The molecule has 9 heteroatoms. The monoisotopic (exact) mass is 417 g/mol. The Balaban J connectivity index is 2.08. The molecule has 0 radical (unpaired) electrons. The molecule has 1 amide bonds. The van der Waals surface area contributed by atoms with Gasteiger partial charge in [0, 0.05) is 12.1 Å². The van der Waals surface area contributed by atoms with Crippen molar-refractivity contribution in [2.24, 2.45) is 0 Å². The van der Waals surface area contributed by atoms with Gasteiger partial charge in [-0.05, 0) is 30.3 Å². The zero-order chi connectivity index (χ0) is 21.7. The molecule has 1 aliphatic heterocycles. The smallest absolute Gasteiger partial charge is 0.290 e. The first-order chi connectivity index (χ1) is 14.5. The van der Waals surface area contributed by atoms with Crippen molar-refractivity contribution >= 4 is 11.7 Å². The van der Waals surface area contributed by atoms with E-state index in [-0.39, 0.29) is 37.7 Å². The Labute approximate surface area is 173 Å². The van der Waals surface area contributed by atoms with Crippen LogP contribution >= 0.6 is 0 Å². The number of aliphatic hydroxyl groups is 2. The van der Waals surface area contributed by atoms with Gasteiger partial charge in [-0.3, -0.25) is 9.59 Å². The first-order valence-electron chi connectivity index (χ1n) is 9.26. The number of furan rings is 1. The molecule has 1 aromatic heterocycles. The summed E-state index contributed by atoms with van der Waals surface area (Å²) in [4.78, 5) is 27.3. The molecule has 0 saturated carbocycles. The van der Waals surface area contributed by atoms with Crippen LogP contribution in [-0.4, -0.2) is 67.4 Å². The van der Waals surface area contributed by atoms with E-state index in [2.05, 4.69) is 0 Å². The number of ether oxygens (including phenoxy) is 3. The van der Waals surface area contributed by atoms with Crippen molar-refractivity contribution in [1.82, 2.24) is 4.90 Å². The van der Waals surface area contributed by atoms with E-state index < -0.39 is 23.5 Å². The molecule has 1 aliphatic rings.